The summed E-state index contributed by atoms with van der Waals surface area (Å²) in [5.74, 6) is 0.562. The van der Waals surface area contributed by atoms with Gasteiger partial charge in [-0.2, -0.15) is 0 Å². The highest BCUT2D eigenvalue weighted by Crippen LogP contribution is 2.09. The maximum absolute atomic E-state index is 8.93. The fourth-order valence-corrected chi connectivity index (χ4v) is 1.76. The molecule has 0 aliphatic rings. The Bertz CT molecular complexity index is 260. The third-order valence-electron chi connectivity index (χ3n) is 2.59. The van der Waals surface area contributed by atoms with Crippen LogP contribution in [0.2, 0.25) is 0 Å². The Balaban J connectivity index is 2.22. The molecule has 1 atom stereocenters. The molecule has 0 amide bonds. The van der Waals surface area contributed by atoms with Crippen LogP contribution in [-0.4, -0.2) is 28.2 Å². The molecule has 90 valence electrons. The van der Waals surface area contributed by atoms with Gasteiger partial charge in [0.15, 0.2) is 0 Å². The van der Waals surface area contributed by atoms with Gasteiger partial charge in [0, 0.05) is 31.7 Å². The highest BCUT2D eigenvalue weighted by atomic mass is 16.3. The minimum atomic E-state index is 0.275. The second-order valence-electron chi connectivity index (χ2n) is 3.99. The quantitative estimate of drug-likeness (QED) is 0.698. The molecular formula is C12H21N3O. The standard InChI is InChI=1S/C12H21N3O/c1-2-3-11(4-7-16)8-14-10-12-9-13-5-6-15-12/h5-6,9,11,14,16H,2-4,7-8,10H2,1H3. The van der Waals surface area contributed by atoms with Crippen molar-refractivity contribution in [2.24, 2.45) is 5.92 Å². The van der Waals surface area contributed by atoms with Gasteiger partial charge in [0.2, 0.25) is 0 Å². The SMILES string of the molecule is CCCC(CCO)CNCc1cnccn1. The van der Waals surface area contributed by atoms with E-state index < -0.39 is 0 Å². The lowest BCUT2D eigenvalue weighted by Gasteiger charge is -2.15. The molecule has 1 aromatic rings. The number of rotatable bonds is 8. The van der Waals surface area contributed by atoms with Crippen LogP contribution in [0.3, 0.4) is 0 Å². The van der Waals surface area contributed by atoms with Gasteiger partial charge in [-0.15, -0.1) is 0 Å². The summed E-state index contributed by atoms with van der Waals surface area (Å²) in [6, 6.07) is 0. The van der Waals surface area contributed by atoms with Crippen molar-refractivity contribution in [3.8, 4) is 0 Å². The molecule has 0 aliphatic carbocycles. The van der Waals surface area contributed by atoms with Crippen molar-refractivity contribution < 1.29 is 5.11 Å². The summed E-state index contributed by atoms with van der Waals surface area (Å²) in [6.45, 7) is 4.13. The van der Waals surface area contributed by atoms with Gasteiger partial charge < -0.3 is 10.4 Å². The number of hydrogen-bond acceptors (Lipinski definition) is 4. The average Bonchev–Trinajstić information content (AvgIpc) is 2.31. The second kappa shape index (κ2) is 8.19. The van der Waals surface area contributed by atoms with Crippen LogP contribution in [0.25, 0.3) is 0 Å². The molecule has 0 bridgehead atoms. The molecule has 4 heteroatoms. The van der Waals surface area contributed by atoms with Gasteiger partial charge in [-0.05, 0) is 25.3 Å². The lowest BCUT2D eigenvalue weighted by molar-refractivity contribution is 0.248. The second-order valence-corrected chi connectivity index (χ2v) is 3.99. The minimum absolute atomic E-state index is 0.275. The maximum atomic E-state index is 8.93. The van der Waals surface area contributed by atoms with E-state index in [1.165, 1.54) is 0 Å². The zero-order valence-electron chi connectivity index (χ0n) is 9.89. The molecule has 16 heavy (non-hydrogen) atoms. The Morgan fingerprint density at radius 3 is 2.88 bits per heavy atom. The van der Waals surface area contributed by atoms with Gasteiger partial charge in [0.1, 0.15) is 0 Å². The molecule has 0 saturated heterocycles. The van der Waals surface area contributed by atoms with Crippen molar-refractivity contribution in [3.05, 3.63) is 24.3 Å². The van der Waals surface area contributed by atoms with Gasteiger partial charge in [0.05, 0.1) is 5.69 Å². The third-order valence-corrected chi connectivity index (χ3v) is 2.59. The molecule has 0 radical (unpaired) electrons. The molecule has 0 aliphatic heterocycles. The van der Waals surface area contributed by atoms with E-state index in [9.17, 15) is 0 Å². The van der Waals surface area contributed by atoms with Crippen molar-refractivity contribution in [2.45, 2.75) is 32.7 Å². The molecule has 1 heterocycles. The first-order chi connectivity index (χ1) is 7.86. The molecule has 1 aromatic heterocycles. The molecule has 0 spiro atoms. The molecule has 2 N–H and O–H groups in total. The van der Waals surface area contributed by atoms with Crippen LogP contribution in [0.1, 0.15) is 31.9 Å². The fourth-order valence-electron chi connectivity index (χ4n) is 1.76. The first kappa shape index (κ1) is 13.1. The fraction of sp³-hybridized carbons (Fsp3) is 0.667. The van der Waals surface area contributed by atoms with E-state index in [-0.39, 0.29) is 6.61 Å². The molecule has 4 nitrogen and oxygen atoms in total. The lowest BCUT2D eigenvalue weighted by atomic mass is 10.0. The van der Waals surface area contributed by atoms with Crippen molar-refractivity contribution in [2.75, 3.05) is 13.2 Å². The summed E-state index contributed by atoms with van der Waals surface area (Å²) in [5.41, 5.74) is 0.960. The topological polar surface area (TPSA) is 58.0 Å². The number of nitrogens with one attached hydrogen (secondary N) is 1. The summed E-state index contributed by atoms with van der Waals surface area (Å²) >= 11 is 0. The van der Waals surface area contributed by atoms with E-state index in [1.54, 1.807) is 18.6 Å². The van der Waals surface area contributed by atoms with Crippen molar-refractivity contribution >= 4 is 0 Å². The van der Waals surface area contributed by atoms with E-state index >= 15 is 0 Å². The van der Waals surface area contributed by atoms with Crippen molar-refractivity contribution in [3.63, 3.8) is 0 Å². The zero-order valence-corrected chi connectivity index (χ0v) is 9.89. The largest absolute Gasteiger partial charge is 0.396 e. The predicted molar refractivity (Wildman–Crippen MR) is 63.8 cm³/mol. The predicted octanol–water partition coefficient (Wildman–Crippen LogP) is 1.36. The summed E-state index contributed by atoms with van der Waals surface area (Å²) in [5, 5.41) is 12.3. The number of aliphatic hydroxyl groups excluding tert-OH is 1. The summed E-state index contributed by atoms with van der Waals surface area (Å²) in [7, 11) is 0. The number of nitrogens with zero attached hydrogens (tertiary/aromatic N) is 2. The summed E-state index contributed by atoms with van der Waals surface area (Å²) < 4.78 is 0. The smallest absolute Gasteiger partial charge is 0.0724 e. The van der Waals surface area contributed by atoms with Crippen LogP contribution in [0, 0.1) is 5.92 Å². The Hall–Kier alpha value is -1.00. The average molecular weight is 223 g/mol. The first-order valence-corrected chi connectivity index (χ1v) is 5.93. The van der Waals surface area contributed by atoms with E-state index in [0.717, 1.165) is 38.0 Å². The monoisotopic (exact) mass is 223 g/mol. The maximum Gasteiger partial charge on any atom is 0.0724 e. The normalized spacial score (nSPS) is 12.6. The van der Waals surface area contributed by atoms with Gasteiger partial charge in [0.25, 0.3) is 0 Å². The third kappa shape index (κ3) is 5.19. The van der Waals surface area contributed by atoms with Gasteiger partial charge >= 0.3 is 0 Å². The molecule has 0 fully saturated rings. The highest BCUT2D eigenvalue weighted by Gasteiger charge is 2.06. The van der Waals surface area contributed by atoms with Crippen molar-refractivity contribution in [1.82, 2.24) is 15.3 Å². The van der Waals surface area contributed by atoms with Gasteiger partial charge in [-0.1, -0.05) is 13.3 Å². The molecular weight excluding hydrogens is 202 g/mol. The van der Waals surface area contributed by atoms with E-state index in [4.69, 9.17) is 5.11 Å². The zero-order chi connectivity index (χ0) is 11.6. The van der Waals surface area contributed by atoms with Crippen LogP contribution in [-0.2, 0) is 6.54 Å². The number of hydrogen-bond donors (Lipinski definition) is 2. The lowest BCUT2D eigenvalue weighted by Crippen LogP contribution is -2.23. The molecule has 1 unspecified atom stereocenters. The Labute approximate surface area is 97.1 Å². The van der Waals surface area contributed by atoms with E-state index in [1.807, 2.05) is 0 Å². The van der Waals surface area contributed by atoms with Crippen LogP contribution in [0.4, 0.5) is 0 Å². The van der Waals surface area contributed by atoms with E-state index in [0.29, 0.717) is 5.92 Å². The van der Waals surface area contributed by atoms with Crippen LogP contribution >= 0.6 is 0 Å². The number of aliphatic hydroxyl groups is 1. The van der Waals surface area contributed by atoms with Gasteiger partial charge in [-0.3, -0.25) is 9.97 Å². The van der Waals surface area contributed by atoms with Crippen LogP contribution < -0.4 is 5.32 Å². The van der Waals surface area contributed by atoms with Gasteiger partial charge in [-0.25, -0.2) is 0 Å². The summed E-state index contributed by atoms with van der Waals surface area (Å²) in [4.78, 5) is 8.21. The highest BCUT2D eigenvalue weighted by molar-refractivity contribution is 4.93. The Morgan fingerprint density at radius 2 is 2.25 bits per heavy atom. The van der Waals surface area contributed by atoms with Crippen LogP contribution in [0.15, 0.2) is 18.6 Å². The molecule has 0 aromatic carbocycles. The Morgan fingerprint density at radius 1 is 1.38 bits per heavy atom. The summed E-state index contributed by atoms with van der Waals surface area (Å²) in [6.07, 6.45) is 8.35. The van der Waals surface area contributed by atoms with E-state index in [2.05, 4.69) is 22.2 Å². The molecule has 0 saturated carbocycles. The van der Waals surface area contributed by atoms with Crippen LogP contribution in [0.5, 0.6) is 0 Å². The minimum Gasteiger partial charge on any atom is -0.396 e. The molecule has 1 rings (SSSR count). The van der Waals surface area contributed by atoms with Crippen molar-refractivity contribution in [1.29, 1.82) is 0 Å². The number of aromatic nitrogens is 2. The Kier molecular flexibility index (Phi) is 6.69. The first-order valence-electron chi connectivity index (χ1n) is 5.93.